The van der Waals surface area contributed by atoms with Crippen LogP contribution in [-0.4, -0.2) is 36.1 Å². The van der Waals surface area contributed by atoms with Gasteiger partial charge in [-0.25, -0.2) is 0 Å². The lowest BCUT2D eigenvalue weighted by atomic mass is 9.87. The van der Waals surface area contributed by atoms with Gasteiger partial charge in [0.15, 0.2) is 0 Å². The monoisotopic (exact) mass is 307 g/mol. The third-order valence-electron chi connectivity index (χ3n) is 5.23. The molecule has 1 aromatic heterocycles. The molecule has 0 radical (unpaired) electrons. The number of piperazine rings is 1. The van der Waals surface area contributed by atoms with E-state index in [0.29, 0.717) is 6.04 Å². The van der Waals surface area contributed by atoms with Gasteiger partial charge in [0.1, 0.15) is 0 Å². The van der Waals surface area contributed by atoms with Crippen molar-refractivity contribution in [2.45, 2.75) is 31.7 Å². The molecule has 0 amide bonds. The summed E-state index contributed by atoms with van der Waals surface area (Å²) in [6.07, 6.45) is 9.02. The first-order valence-corrected chi connectivity index (χ1v) is 8.88. The molecule has 3 heteroatoms. The molecular formula is C20H25N3. The van der Waals surface area contributed by atoms with Crippen molar-refractivity contribution in [3.05, 3.63) is 65.0 Å². The number of aromatic nitrogens is 1. The first-order valence-electron chi connectivity index (χ1n) is 8.88. The zero-order valence-corrected chi connectivity index (χ0v) is 13.7. The second-order valence-corrected chi connectivity index (χ2v) is 6.70. The van der Waals surface area contributed by atoms with E-state index in [1.165, 1.54) is 36.8 Å². The highest BCUT2D eigenvalue weighted by Crippen LogP contribution is 2.32. The Kier molecular flexibility index (Phi) is 4.40. The molecular weight excluding hydrogens is 282 g/mol. The average Bonchev–Trinajstić information content (AvgIpc) is 2.64. The normalized spacial score (nSPS) is 20.0. The Labute approximate surface area is 138 Å². The lowest BCUT2D eigenvalue weighted by molar-refractivity contribution is 0.198. The molecule has 0 bridgehead atoms. The SMILES string of the molecule is c1cc(C(c2ccc3c(c2)CCCC3)N2CCNCC2)ccn1. The van der Waals surface area contributed by atoms with Crippen LogP contribution in [0.25, 0.3) is 0 Å². The fourth-order valence-electron chi connectivity index (χ4n) is 4.02. The molecule has 23 heavy (non-hydrogen) atoms. The molecule has 0 saturated carbocycles. The maximum Gasteiger partial charge on any atom is 0.0603 e. The fourth-order valence-corrected chi connectivity index (χ4v) is 4.02. The Bertz CT molecular complexity index is 647. The lowest BCUT2D eigenvalue weighted by Gasteiger charge is -2.36. The van der Waals surface area contributed by atoms with Crippen molar-refractivity contribution in [2.75, 3.05) is 26.2 Å². The second kappa shape index (κ2) is 6.81. The first-order chi connectivity index (χ1) is 11.4. The summed E-state index contributed by atoms with van der Waals surface area (Å²) >= 11 is 0. The molecule has 1 aromatic carbocycles. The minimum atomic E-state index is 0.354. The molecule has 0 spiro atoms. The van der Waals surface area contributed by atoms with Crippen LogP contribution in [0.15, 0.2) is 42.7 Å². The van der Waals surface area contributed by atoms with Gasteiger partial charge in [-0.1, -0.05) is 18.2 Å². The van der Waals surface area contributed by atoms with E-state index in [4.69, 9.17) is 0 Å². The van der Waals surface area contributed by atoms with Gasteiger partial charge in [0.05, 0.1) is 6.04 Å². The van der Waals surface area contributed by atoms with Crippen LogP contribution in [0.2, 0.25) is 0 Å². The smallest absolute Gasteiger partial charge is 0.0603 e. The van der Waals surface area contributed by atoms with Crippen molar-refractivity contribution in [3.63, 3.8) is 0 Å². The van der Waals surface area contributed by atoms with Crippen LogP contribution in [0.4, 0.5) is 0 Å². The fraction of sp³-hybridized carbons (Fsp3) is 0.450. The number of rotatable bonds is 3. The van der Waals surface area contributed by atoms with Crippen LogP contribution in [0.5, 0.6) is 0 Å². The second-order valence-electron chi connectivity index (χ2n) is 6.70. The maximum absolute atomic E-state index is 4.21. The van der Waals surface area contributed by atoms with Crippen LogP contribution in [-0.2, 0) is 12.8 Å². The van der Waals surface area contributed by atoms with Crippen LogP contribution in [0, 0.1) is 0 Å². The predicted octanol–water partition coefficient (Wildman–Crippen LogP) is 2.96. The van der Waals surface area contributed by atoms with E-state index < -0.39 is 0 Å². The summed E-state index contributed by atoms with van der Waals surface area (Å²) in [4.78, 5) is 6.81. The van der Waals surface area contributed by atoms with Crippen LogP contribution in [0.1, 0.15) is 41.1 Å². The number of hydrogen-bond donors (Lipinski definition) is 1. The third-order valence-corrected chi connectivity index (χ3v) is 5.23. The Morgan fingerprint density at radius 1 is 0.870 bits per heavy atom. The van der Waals surface area contributed by atoms with Gasteiger partial charge in [0.2, 0.25) is 0 Å². The molecule has 1 fully saturated rings. The van der Waals surface area contributed by atoms with Crippen LogP contribution in [0.3, 0.4) is 0 Å². The number of pyridine rings is 1. The molecule has 1 aliphatic carbocycles. The number of nitrogens with one attached hydrogen (secondary N) is 1. The van der Waals surface area contributed by atoms with Gasteiger partial charge in [0, 0.05) is 38.6 Å². The number of aryl methyl sites for hydroxylation is 2. The summed E-state index contributed by atoms with van der Waals surface area (Å²) in [6, 6.07) is 11.9. The molecule has 1 N–H and O–H groups in total. The van der Waals surface area contributed by atoms with Gasteiger partial charge < -0.3 is 5.32 Å². The maximum atomic E-state index is 4.21. The summed E-state index contributed by atoms with van der Waals surface area (Å²) in [5.41, 5.74) is 5.94. The van der Waals surface area contributed by atoms with Crippen molar-refractivity contribution < 1.29 is 0 Å². The van der Waals surface area contributed by atoms with E-state index >= 15 is 0 Å². The van der Waals surface area contributed by atoms with Crippen molar-refractivity contribution in [3.8, 4) is 0 Å². The van der Waals surface area contributed by atoms with Crippen molar-refractivity contribution in [2.24, 2.45) is 0 Å². The molecule has 3 nitrogen and oxygen atoms in total. The van der Waals surface area contributed by atoms with Gasteiger partial charge in [-0.2, -0.15) is 0 Å². The molecule has 1 unspecified atom stereocenters. The molecule has 1 aliphatic heterocycles. The largest absolute Gasteiger partial charge is 0.314 e. The van der Waals surface area contributed by atoms with E-state index in [-0.39, 0.29) is 0 Å². The van der Waals surface area contributed by atoms with Crippen molar-refractivity contribution >= 4 is 0 Å². The van der Waals surface area contributed by atoms with E-state index in [0.717, 1.165) is 26.2 Å². The quantitative estimate of drug-likeness (QED) is 0.945. The highest BCUT2D eigenvalue weighted by atomic mass is 15.2. The van der Waals surface area contributed by atoms with E-state index in [9.17, 15) is 0 Å². The molecule has 2 heterocycles. The standard InChI is InChI=1S/C20H25N3/c1-2-4-18-15-19(6-5-16(18)3-1)20(17-7-9-21-10-8-17)23-13-11-22-12-14-23/h5-10,15,20,22H,1-4,11-14H2. The van der Waals surface area contributed by atoms with E-state index in [1.54, 1.807) is 11.1 Å². The van der Waals surface area contributed by atoms with Crippen molar-refractivity contribution in [1.82, 2.24) is 15.2 Å². The van der Waals surface area contributed by atoms with E-state index in [1.807, 2.05) is 12.4 Å². The van der Waals surface area contributed by atoms with Crippen molar-refractivity contribution in [1.29, 1.82) is 0 Å². The van der Waals surface area contributed by atoms with Gasteiger partial charge in [-0.15, -0.1) is 0 Å². The lowest BCUT2D eigenvalue weighted by Crippen LogP contribution is -2.45. The molecule has 2 aromatic rings. The number of hydrogen-bond acceptors (Lipinski definition) is 3. The van der Waals surface area contributed by atoms with Gasteiger partial charge in [-0.05, 0) is 60.1 Å². The highest BCUT2D eigenvalue weighted by molar-refractivity contribution is 5.39. The summed E-state index contributed by atoms with van der Waals surface area (Å²) in [5.74, 6) is 0. The third kappa shape index (κ3) is 3.17. The molecule has 2 aliphatic rings. The topological polar surface area (TPSA) is 28.2 Å². The Hall–Kier alpha value is -1.71. The molecule has 4 rings (SSSR count). The minimum absolute atomic E-state index is 0.354. The van der Waals surface area contributed by atoms with Gasteiger partial charge >= 0.3 is 0 Å². The number of nitrogens with zero attached hydrogens (tertiary/aromatic N) is 2. The zero-order chi connectivity index (χ0) is 15.5. The van der Waals surface area contributed by atoms with Crippen LogP contribution >= 0.6 is 0 Å². The molecule has 1 saturated heterocycles. The first kappa shape index (κ1) is 14.9. The summed E-state index contributed by atoms with van der Waals surface area (Å²) in [5, 5.41) is 3.47. The Balaban J connectivity index is 1.72. The molecule has 1 atom stereocenters. The number of benzene rings is 1. The Morgan fingerprint density at radius 3 is 2.39 bits per heavy atom. The highest BCUT2D eigenvalue weighted by Gasteiger charge is 2.24. The Morgan fingerprint density at radius 2 is 1.61 bits per heavy atom. The number of fused-ring (bicyclic) bond motifs is 1. The summed E-state index contributed by atoms with van der Waals surface area (Å²) in [6.45, 7) is 4.35. The molecule has 120 valence electrons. The zero-order valence-electron chi connectivity index (χ0n) is 13.7. The summed E-state index contributed by atoms with van der Waals surface area (Å²) < 4.78 is 0. The summed E-state index contributed by atoms with van der Waals surface area (Å²) in [7, 11) is 0. The average molecular weight is 307 g/mol. The predicted molar refractivity (Wildman–Crippen MR) is 93.6 cm³/mol. The van der Waals surface area contributed by atoms with Gasteiger partial charge in [0.25, 0.3) is 0 Å². The minimum Gasteiger partial charge on any atom is -0.314 e. The van der Waals surface area contributed by atoms with E-state index in [2.05, 4.69) is 45.5 Å². The van der Waals surface area contributed by atoms with Crippen LogP contribution < -0.4 is 5.32 Å². The van der Waals surface area contributed by atoms with Gasteiger partial charge in [-0.3, -0.25) is 9.88 Å².